The van der Waals surface area contributed by atoms with E-state index in [2.05, 4.69) is 4.98 Å². The minimum atomic E-state index is -0.102. The number of aryl methyl sites for hydroxylation is 2. The molecule has 0 unspecified atom stereocenters. The van der Waals surface area contributed by atoms with Crippen LogP contribution in [0.2, 0.25) is 0 Å². The number of ether oxygens (including phenoxy) is 2. The number of hydrogen-bond acceptors (Lipinski definition) is 4. The normalized spacial score (nSPS) is 14.2. The second-order valence-corrected chi connectivity index (χ2v) is 6.64. The van der Waals surface area contributed by atoms with Crippen LogP contribution in [0.25, 0.3) is 0 Å². The molecule has 1 saturated heterocycles. The van der Waals surface area contributed by atoms with Gasteiger partial charge in [0.1, 0.15) is 11.5 Å². The minimum absolute atomic E-state index is 0.00553. The molecule has 144 valence electrons. The molecule has 0 radical (unpaired) electrons. The van der Waals surface area contributed by atoms with Gasteiger partial charge in [0, 0.05) is 43.6 Å². The van der Waals surface area contributed by atoms with Crippen molar-refractivity contribution in [1.29, 1.82) is 0 Å². The van der Waals surface area contributed by atoms with Crippen LogP contribution in [0.3, 0.4) is 0 Å². The second-order valence-electron chi connectivity index (χ2n) is 6.64. The highest BCUT2D eigenvalue weighted by atomic mass is 16.5. The van der Waals surface area contributed by atoms with E-state index < -0.39 is 0 Å². The zero-order chi connectivity index (χ0) is 19.6. The highest BCUT2D eigenvalue weighted by Crippen LogP contribution is 2.26. The molecule has 0 atom stereocenters. The van der Waals surface area contributed by atoms with Crippen LogP contribution in [0.4, 0.5) is 0 Å². The summed E-state index contributed by atoms with van der Waals surface area (Å²) < 4.78 is 10.5. The lowest BCUT2D eigenvalue weighted by atomic mass is 10.1. The summed E-state index contributed by atoms with van der Waals surface area (Å²) in [6.07, 6.45) is 0. The van der Waals surface area contributed by atoms with Crippen LogP contribution in [0.1, 0.15) is 32.1 Å². The SMILES string of the molecule is COc1ccc(C(=O)N2CCN(C(=O)c3cc(C)[nH]c3C)CC2)c(OC)c1. The number of nitrogens with one attached hydrogen (secondary N) is 1. The molecule has 27 heavy (non-hydrogen) atoms. The summed E-state index contributed by atoms with van der Waals surface area (Å²) in [6.45, 7) is 5.82. The Morgan fingerprint density at radius 2 is 1.48 bits per heavy atom. The first-order valence-corrected chi connectivity index (χ1v) is 8.91. The number of H-pyrrole nitrogens is 1. The van der Waals surface area contributed by atoms with Crippen molar-refractivity contribution in [1.82, 2.24) is 14.8 Å². The van der Waals surface area contributed by atoms with E-state index in [4.69, 9.17) is 9.47 Å². The van der Waals surface area contributed by atoms with E-state index in [0.717, 1.165) is 11.4 Å². The van der Waals surface area contributed by atoms with Crippen molar-refractivity contribution in [2.45, 2.75) is 13.8 Å². The molecule has 0 bridgehead atoms. The molecule has 2 aromatic rings. The van der Waals surface area contributed by atoms with Gasteiger partial charge >= 0.3 is 0 Å². The van der Waals surface area contributed by atoms with Gasteiger partial charge < -0.3 is 24.3 Å². The Kier molecular flexibility index (Phi) is 5.39. The van der Waals surface area contributed by atoms with Crippen molar-refractivity contribution in [2.75, 3.05) is 40.4 Å². The van der Waals surface area contributed by atoms with Crippen molar-refractivity contribution in [3.8, 4) is 11.5 Å². The molecule has 0 aliphatic carbocycles. The van der Waals surface area contributed by atoms with Crippen molar-refractivity contribution in [3.05, 3.63) is 46.8 Å². The van der Waals surface area contributed by atoms with Gasteiger partial charge in [0.15, 0.2) is 0 Å². The summed E-state index contributed by atoms with van der Waals surface area (Å²) in [7, 11) is 3.10. The van der Waals surface area contributed by atoms with Crippen molar-refractivity contribution >= 4 is 11.8 Å². The number of carbonyl (C=O) groups is 2. The Balaban J connectivity index is 1.68. The van der Waals surface area contributed by atoms with E-state index in [1.54, 1.807) is 35.1 Å². The first-order chi connectivity index (χ1) is 12.9. The standard InChI is InChI=1S/C20H25N3O4/c1-13-11-17(14(2)21-13)20(25)23-9-7-22(8-10-23)19(24)16-6-5-15(26-3)12-18(16)27-4/h5-6,11-12,21H,7-10H2,1-4H3. The number of carbonyl (C=O) groups excluding carboxylic acids is 2. The third-order valence-electron chi connectivity index (χ3n) is 4.87. The van der Waals surface area contributed by atoms with E-state index in [-0.39, 0.29) is 11.8 Å². The number of benzene rings is 1. The monoisotopic (exact) mass is 371 g/mol. The maximum absolute atomic E-state index is 12.9. The van der Waals surface area contributed by atoms with E-state index in [1.165, 1.54) is 7.11 Å². The van der Waals surface area contributed by atoms with Gasteiger partial charge in [-0.2, -0.15) is 0 Å². The number of hydrogen-bond donors (Lipinski definition) is 1. The van der Waals surface area contributed by atoms with E-state index in [0.29, 0.717) is 48.8 Å². The maximum Gasteiger partial charge on any atom is 0.257 e. The topological polar surface area (TPSA) is 74.9 Å². The Morgan fingerprint density at radius 3 is 1.96 bits per heavy atom. The highest BCUT2D eigenvalue weighted by molar-refractivity contribution is 5.98. The molecule has 1 N–H and O–H groups in total. The Bertz CT molecular complexity index is 851. The van der Waals surface area contributed by atoms with Crippen molar-refractivity contribution in [2.24, 2.45) is 0 Å². The Morgan fingerprint density at radius 1 is 0.889 bits per heavy atom. The maximum atomic E-state index is 12.9. The summed E-state index contributed by atoms with van der Waals surface area (Å²) in [6, 6.07) is 7.03. The summed E-state index contributed by atoms with van der Waals surface area (Å²) in [5.41, 5.74) is 3.04. The van der Waals surface area contributed by atoms with Crippen molar-refractivity contribution in [3.63, 3.8) is 0 Å². The number of nitrogens with zero attached hydrogens (tertiary/aromatic N) is 2. The summed E-state index contributed by atoms with van der Waals surface area (Å²) >= 11 is 0. The molecular weight excluding hydrogens is 346 g/mol. The average Bonchev–Trinajstić information content (AvgIpc) is 3.04. The van der Waals surface area contributed by atoms with Crippen LogP contribution in [0.15, 0.2) is 24.3 Å². The molecule has 7 heteroatoms. The van der Waals surface area contributed by atoms with E-state index in [1.807, 2.05) is 19.9 Å². The number of rotatable bonds is 4. The molecule has 3 rings (SSSR count). The van der Waals surface area contributed by atoms with Crippen LogP contribution >= 0.6 is 0 Å². The largest absolute Gasteiger partial charge is 0.497 e. The van der Waals surface area contributed by atoms with Crippen LogP contribution in [-0.4, -0.2) is 67.0 Å². The third kappa shape index (κ3) is 3.77. The fraction of sp³-hybridized carbons (Fsp3) is 0.400. The smallest absolute Gasteiger partial charge is 0.257 e. The van der Waals surface area contributed by atoms with Crippen LogP contribution < -0.4 is 9.47 Å². The molecule has 0 saturated carbocycles. The lowest BCUT2D eigenvalue weighted by Crippen LogP contribution is -2.50. The average molecular weight is 371 g/mol. The predicted octanol–water partition coefficient (Wildman–Crippen LogP) is 2.25. The summed E-state index contributed by atoms with van der Waals surface area (Å²) in [4.78, 5) is 32.3. The van der Waals surface area contributed by atoms with Gasteiger partial charge in [-0.15, -0.1) is 0 Å². The van der Waals surface area contributed by atoms with Gasteiger partial charge in [0.05, 0.1) is 25.3 Å². The molecule has 1 aromatic heterocycles. The number of piperazine rings is 1. The first kappa shape index (κ1) is 18.8. The molecular formula is C20H25N3O4. The zero-order valence-corrected chi connectivity index (χ0v) is 16.2. The number of methoxy groups -OCH3 is 2. The van der Waals surface area contributed by atoms with Crippen LogP contribution in [0.5, 0.6) is 11.5 Å². The molecule has 1 fully saturated rings. The first-order valence-electron chi connectivity index (χ1n) is 8.91. The lowest BCUT2D eigenvalue weighted by Gasteiger charge is -2.35. The van der Waals surface area contributed by atoms with Gasteiger partial charge in [-0.25, -0.2) is 0 Å². The molecule has 1 aliphatic rings. The number of aromatic amines is 1. The minimum Gasteiger partial charge on any atom is -0.497 e. The van der Waals surface area contributed by atoms with Gasteiger partial charge in [-0.3, -0.25) is 9.59 Å². The van der Waals surface area contributed by atoms with Crippen LogP contribution in [-0.2, 0) is 0 Å². The van der Waals surface area contributed by atoms with Gasteiger partial charge in [-0.05, 0) is 32.0 Å². The van der Waals surface area contributed by atoms with Gasteiger partial charge in [0.25, 0.3) is 11.8 Å². The van der Waals surface area contributed by atoms with E-state index >= 15 is 0 Å². The highest BCUT2D eigenvalue weighted by Gasteiger charge is 2.28. The number of amides is 2. The zero-order valence-electron chi connectivity index (χ0n) is 16.2. The molecule has 1 aromatic carbocycles. The fourth-order valence-electron chi connectivity index (χ4n) is 3.37. The molecule has 7 nitrogen and oxygen atoms in total. The van der Waals surface area contributed by atoms with Crippen molar-refractivity contribution < 1.29 is 19.1 Å². The quantitative estimate of drug-likeness (QED) is 0.894. The fourth-order valence-corrected chi connectivity index (χ4v) is 3.37. The molecule has 2 heterocycles. The molecule has 1 aliphatic heterocycles. The predicted molar refractivity (Wildman–Crippen MR) is 102 cm³/mol. The summed E-state index contributed by atoms with van der Waals surface area (Å²) in [5, 5.41) is 0. The lowest BCUT2D eigenvalue weighted by molar-refractivity contribution is 0.0533. The summed E-state index contributed by atoms with van der Waals surface area (Å²) in [5.74, 6) is 1.02. The van der Waals surface area contributed by atoms with Gasteiger partial charge in [-0.1, -0.05) is 0 Å². The van der Waals surface area contributed by atoms with Crippen LogP contribution in [0, 0.1) is 13.8 Å². The third-order valence-corrected chi connectivity index (χ3v) is 4.87. The number of aromatic nitrogens is 1. The molecule has 0 spiro atoms. The van der Waals surface area contributed by atoms with Gasteiger partial charge in [0.2, 0.25) is 0 Å². The molecule has 2 amide bonds. The van der Waals surface area contributed by atoms with E-state index in [9.17, 15) is 9.59 Å². The Hall–Kier alpha value is -2.96. The second kappa shape index (κ2) is 7.73. The Labute approximate surface area is 158 Å².